The third-order valence-electron chi connectivity index (χ3n) is 5.35. The molecule has 4 heterocycles. The lowest BCUT2D eigenvalue weighted by Crippen LogP contribution is -2.41. The lowest BCUT2D eigenvalue weighted by atomic mass is 9.80. The summed E-state index contributed by atoms with van der Waals surface area (Å²) in [6.07, 6.45) is 1.90. The average Bonchev–Trinajstić information content (AvgIpc) is 3.13. The van der Waals surface area contributed by atoms with E-state index in [1.165, 1.54) is 0 Å². The summed E-state index contributed by atoms with van der Waals surface area (Å²) in [5.74, 6) is 0.672. The summed E-state index contributed by atoms with van der Waals surface area (Å²) in [6.45, 7) is 12.3. The molecule has 1 aliphatic heterocycles. The van der Waals surface area contributed by atoms with Gasteiger partial charge in [0.2, 0.25) is 0 Å². The number of pyridine rings is 1. The SMILES string of the molecule is Cc1ccc(C)n1-c1nc2cc(B3OC(C)(C)C(C)(C)O3)ccn2n1. The predicted molar refractivity (Wildman–Crippen MR) is 97.5 cm³/mol. The molecule has 0 saturated carbocycles. The second-order valence-corrected chi connectivity index (χ2v) is 7.71. The minimum Gasteiger partial charge on any atom is -0.399 e. The van der Waals surface area contributed by atoms with Crippen molar-refractivity contribution in [3.8, 4) is 5.95 Å². The van der Waals surface area contributed by atoms with Gasteiger partial charge in [-0.25, -0.2) is 4.52 Å². The fourth-order valence-electron chi connectivity index (χ4n) is 3.09. The second kappa shape index (κ2) is 5.19. The van der Waals surface area contributed by atoms with Gasteiger partial charge < -0.3 is 9.31 Å². The fraction of sp³-hybridized carbons (Fsp3) is 0.444. The van der Waals surface area contributed by atoms with Gasteiger partial charge in [-0.05, 0) is 71.3 Å². The Balaban J connectivity index is 1.73. The summed E-state index contributed by atoms with van der Waals surface area (Å²) in [4.78, 5) is 4.69. The summed E-state index contributed by atoms with van der Waals surface area (Å²) in [5.41, 5.74) is 3.23. The van der Waals surface area contributed by atoms with Gasteiger partial charge in [0.05, 0.1) is 11.2 Å². The molecule has 130 valence electrons. The molecule has 7 heteroatoms. The zero-order chi connectivity index (χ0) is 18.0. The van der Waals surface area contributed by atoms with E-state index in [2.05, 4.69) is 63.8 Å². The molecule has 3 aromatic rings. The molecule has 0 amide bonds. The lowest BCUT2D eigenvalue weighted by molar-refractivity contribution is 0.00578. The van der Waals surface area contributed by atoms with Crippen molar-refractivity contribution in [3.05, 3.63) is 41.9 Å². The van der Waals surface area contributed by atoms with Crippen molar-refractivity contribution in [3.63, 3.8) is 0 Å². The van der Waals surface area contributed by atoms with E-state index in [1.54, 1.807) is 4.52 Å². The van der Waals surface area contributed by atoms with Crippen molar-refractivity contribution in [2.45, 2.75) is 52.7 Å². The molecule has 25 heavy (non-hydrogen) atoms. The van der Waals surface area contributed by atoms with Gasteiger partial charge in [-0.15, -0.1) is 5.10 Å². The molecular formula is C18H23BN4O2. The molecular weight excluding hydrogens is 315 g/mol. The number of hydrogen-bond donors (Lipinski definition) is 0. The van der Waals surface area contributed by atoms with Gasteiger partial charge in [0.25, 0.3) is 5.95 Å². The Morgan fingerprint density at radius 2 is 1.56 bits per heavy atom. The van der Waals surface area contributed by atoms with E-state index in [-0.39, 0.29) is 11.2 Å². The van der Waals surface area contributed by atoms with Crippen LogP contribution in [0.1, 0.15) is 39.1 Å². The average molecular weight is 338 g/mol. The molecule has 0 N–H and O–H groups in total. The summed E-state index contributed by atoms with van der Waals surface area (Å²) in [5, 5.41) is 4.59. The number of fused-ring (bicyclic) bond motifs is 1. The van der Waals surface area contributed by atoms with Crippen LogP contribution in [0.2, 0.25) is 0 Å². The smallest absolute Gasteiger partial charge is 0.399 e. The molecule has 1 aliphatic rings. The van der Waals surface area contributed by atoms with Crippen LogP contribution in [0.4, 0.5) is 0 Å². The maximum Gasteiger partial charge on any atom is 0.495 e. The van der Waals surface area contributed by atoms with E-state index in [9.17, 15) is 0 Å². The molecule has 0 radical (unpaired) electrons. The first-order valence-electron chi connectivity index (χ1n) is 8.55. The van der Waals surface area contributed by atoms with Gasteiger partial charge in [-0.1, -0.05) is 0 Å². The second-order valence-electron chi connectivity index (χ2n) is 7.71. The van der Waals surface area contributed by atoms with Crippen LogP contribution in [0.25, 0.3) is 11.6 Å². The van der Waals surface area contributed by atoms with Crippen LogP contribution in [-0.4, -0.2) is 37.5 Å². The first kappa shape index (κ1) is 16.4. The van der Waals surface area contributed by atoms with E-state index in [1.807, 2.05) is 22.9 Å². The summed E-state index contributed by atoms with van der Waals surface area (Å²) < 4.78 is 16.1. The maximum atomic E-state index is 6.13. The Morgan fingerprint density at radius 3 is 2.16 bits per heavy atom. The van der Waals surface area contributed by atoms with Gasteiger partial charge in [0.1, 0.15) is 0 Å². The zero-order valence-corrected chi connectivity index (χ0v) is 15.6. The third-order valence-corrected chi connectivity index (χ3v) is 5.35. The number of hydrogen-bond acceptors (Lipinski definition) is 4. The largest absolute Gasteiger partial charge is 0.495 e. The van der Waals surface area contributed by atoms with Gasteiger partial charge in [0, 0.05) is 17.6 Å². The van der Waals surface area contributed by atoms with E-state index in [4.69, 9.17) is 9.31 Å². The minimum atomic E-state index is -0.398. The van der Waals surface area contributed by atoms with Crippen LogP contribution in [0.15, 0.2) is 30.5 Å². The van der Waals surface area contributed by atoms with Crippen molar-refractivity contribution >= 4 is 18.2 Å². The van der Waals surface area contributed by atoms with Crippen molar-refractivity contribution in [1.82, 2.24) is 19.2 Å². The Morgan fingerprint density at radius 1 is 0.960 bits per heavy atom. The van der Waals surface area contributed by atoms with E-state index < -0.39 is 7.12 Å². The number of aromatic nitrogens is 4. The van der Waals surface area contributed by atoms with Gasteiger partial charge in [0.15, 0.2) is 5.65 Å². The highest BCUT2D eigenvalue weighted by Crippen LogP contribution is 2.36. The Kier molecular flexibility index (Phi) is 3.40. The maximum absolute atomic E-state index is 6.13. The normalized spacial score (nSPS) is 19.0. The standard InChI is InChI=1S/C18H23BN4O2/c1-12-7-8-13(2)23(12)16-20-15-11-14(9-10-22(15)21-16)19-24-17(3,4)18(5,6)25-19/h7-11H,1-6H3. The molecule has 0 atom stereocenters. The van der Waals surface area contributed by atoms with Crippen LogP contribution in [-0.2, 0) is 9.31 Å². The van der Waals surface area contributed by atoms with E-state index in [0.717, 1.165) is 22.5 Å². The Labute approximate surface area is 147 Å². The van der Waals surface area contributed by atoms with E-state index in [0.29, 0.717) is 5.95 Å². The zero-order valence-electron chi connectivity index (χ0n) is 15.6. The summed E-state index contributed by atoms with van der Waals surface area (Å²) in [6, 6.07) is 8.09. The predicted octanol–water partition coefficient (Wildman–Crippen LogP) is 2.44. The lowest BCUT2D eigenvalue weighted by Gasteiger charge is -2.32. The molecule has 0 aromatic carbocycles. The van der Waals surface area contributed by atoms with E-state index >= 15 is 0 Å². The molecule has 1 saturated heterocycles. The highest BCUT2D eigenvalue weighted by atomic mass is 16.7. The number of aryl methyl sites for hydroxylation is 2. The molecule has 0 bridgehead atoms. The monoisotopic (exact) mass is 338 g/mol. The molecule has 6 nitrogen and oxygen atoms in total. The van der Waals surface area contributed by atoms with Crippen molar-refractivity contribution in [1.29, 1.82) is 0 Å². The topological polar surface area (TPSA) is 53.6 Å². The Hall–Kier alpha value is -2.12. The first-order valence-corrected chi connectivity index (χ1v) is 8.55. The summed E-state index contributed by atoms with van der Waals surface area (Å²) >= 11 is 0. The first-order chi connectivity index (χ1) is 11.7. The van der Waals surface area contributed by atoms with Crippen LogP contribution in [0, 0.1) is 13.8 Å². The minimum absolute atomic E-state index is 0.359. The van der Waals surface area contributed by atoms with Crippen LogP contribution in [0.3, 0.4) is 0 Å². The van der Waals surface area contributed by atoms with Crippen LogP contribution < -0.4 is 5.46 Å². The van der Waals surface area contributed by atoms with Crippen molar-refractivity contribution < 1.29 is 9.31 Å². The molecule has 0 aliphatic carbocycles. The van der Waals surface area contributed by atoms with Crippen molar-refractivity contribution in [2.24, 2.45) is 0 Å². The Bertz CT molecular complexity index is 922. The quantitative estimate of drug-likeness (QED) is 0.674. The highest BCUT2D eigenvalue weighted by Gasteiger charge is 2.51. The third kappa shape index (κ3) is 2.50. The molecule has 3 aromatic heterocycles. The highest BCUT2D eigenvalue weighted by molar-refractivity contribution is 6.62. The molecule has 4 rings (SSSR count). The van der Waals surface area contributed by atoms with Gasteiger partial charge in [-0.2, -0.15) is 4.98 Å². The van der Waals surface area contributed by atoms with Gasteiger partial charge in [-0.3, -0.25) is 4.57 Å². The number of nitrogens with zero attached hydrogens (tertiary/aromatic N) is 4. The molecule has 0 spiro atoms. The summed E-state index contributed by atoms with van der Waals surface area (Å²) in [7, 11) is -0.398. The molecule has 1 fully saturated rings. The van der Waals surface area contributed by atoms with Crippen molar-refractivity contribution in [2.75, 3.05) is 0 Å². The molecule has 0 unspecified atom stereocenters. The fourth-order valence-corrected chi connectivity index (χ4v) is 3.09. The van der Waals surface area contributed by atoms with Crippen LogP contribution in [0.5, 0.6) is 0 Å². The number of rotatable bonds is 2. The van der Waals surface area contributed by atoms with Crippen LogP contribution >= 0.6 is 0 Å². The van der Waals surface area contributed by atoms with Gasteiger partial charge >= 0.3 is 7.12 Å².